The Morgan fingerprint density at radius 2 is 1.66 bits per heavy atom. The molecule has 0 bridgehead atoms. The van der Waals surface area contributed by atoms with E-state index in [9.17, 15) is 23.9 Å². The van der Waals surface area contributed by atoms with Gasteiger partial charge < -0.3 is 15.7 Å². The Labute approximate surface area is 194 Å². The first-order valence-electron chi connectivity index (χ1n) is 9.96. The molecule has 0 saturated carbocycles. The maximum atomic E-state index is 13.3. The number of allylic oxidation sites excluding steroid dienone is 2. The van der Waals surface area contributed by atoms with Crippen molar-refractivity contribution in [2.75, 3.05) is 10.6 Å². The number of rotatable bonds is 7. The number of carboxylic acid groups (broad SMARTS) is 1. The monoisotopic (exact) mass is 476 g/mol. The zero-order chi connectivity index (χ0) is 23.3. The van der Waals surface area contributed by atoms with Gasteiger partial charge in [0.1, 0.15) is 5.82 Å². The van der Waals surface area contributed by atoms with E-state index >= 15 is 0 Å². The summed E-state index contributed by atoms with van der Waals surface area (Å²) in [6, 6.07) is 10.9. The van der Waals surface area contributed by atoms with Gasteiger partial charge in [-0.3, -0.25) is 14.4 Å². The van der Waals surface area contributed by atoms with Gasteiger partial charge in [-0.05, 0) is 62.2 Å². The molecule has 3 unspecified atom stereocenters. The van der Waals surface area contributed by atoms with E-state index in [0.717, 1.165) is 4.90 Å². The molecule has 0 saturated heterocycles. The van der Waals surface area contributed by atoms with Crippen molar-refractivity contribution in [1.82, 2.24) is 0 Å². The molecule has 2 aromatic rings. The van der Waals surface area contributed by atoms with Crippen molar-refractivity contribution in [3.63, 3.8) is 0 Å². The van der Waals surface area contributed by atoms with Crippen LogP contribution in [0.3, 0.4) is 0 Å². The van der Waals surface area contributed by atoms with Gasteiger partial charge >= 0.3 is 5.97 Å². The summed E-state index contributed by atoms with van der Waals surface area (Å²) in [4.78, 5) is 37.2. The number of carbonyl (C=O) groups excluding carboxylic acids is 2. The Morgan fingerprint density at radius 3 is 2.28 bits per heavy atom. The number of aliphatic carboxylic acids is 1. The highest BCUT2D eigenvalue weighted by atomic mass is 35.5. The Bertz CT molecular complexity index is 1040. The Hall–Kier alpha value is -2.84. The summed E-state index contributed by atoms with van der Waals surface area (Å²) in [7, 11) is 0. The first-order chi connectivity index (χ1) is 15.2. The van der Waals surface area contributed by atoms with Crippen LogP contribution in [-0.2, 0) is 14.4 Å². The molecule has 9 heteroatoms. The van der Waals surface area contributed by atoms with Gasteiger partial charge in [-0.1, -0.05) is 23.8 Å². The quantitative estimate of drug-likeness (QED) is 0.377. The number of amides is 2. The molecule has 3 N–H and O–H groups in total. The smallest absolute Gasteiger partial charge is 0.307 e. The number of benzene rings is 2. The zero-order valence-corrected chi connectivity index (χ0v) is 18.8. The number of hydrogen-bond acceptors (Lipinski definition) is 4. The van der Waals surface area contributed by atoms with Crippen molar-refractivity contribution in [1.29, 1.82) is 0 Å². The lowest BCUT2D eigenvalue weighted by molar-refractivity contribution is -0.146. The maximum Gasteiger partial charge on any atom is 0.307 e. The number of hydrogen-bond donors (Lipinski definition) is 3. The van der Waals surface area contributed by atoms with Gasteiger partial charge in [0.05, 0.1) is 22.1 Å². The largest absolute Gasteiger partial charge is 0.481 e. The summed E-state index contributed by atoms with van der Waals surface area (Å²) in [6.45, 7) is 1.74. The maximum absolute atomic E-state index is 13.3. The van der Waals surface area contributed by atoms with Crippen molar-refractivity contribution in [3.05, 3.63) is 65.5 Å². The van der Waals surface area contributed by atoms with Crippen LogP contribution in [-0.4, -0.2) is 28.1 Å². The van der Waals surface area contributed by atoms with E-state index in [-0.39, 0.29) is 16.8 Å². The van der Waals surface area contributed by atoms with Crippen molar-refractivity contribution in [2.45, 2.75) is 29.9 Å². The summed E-state index contributed by atoms with van der Waals surface area (Å²) < 4.78 is 13.3. The summed E-state index contributed by atoms with van der Waals surface area (Å²) in [6.07, 6.45) is 4.35. The molecule has 1 aliphatic carbocycles. The minimum Gasteiger partial charge on any atom is -0.481 e. The highest BCUT2D eigenvalue weighted by Gasteiger charge is 2.33. The number of thioether (sulfide) groups is 1. The SMILES string of the molecule is CC(Sc1ccc(NC(=O)C2CC=CCC2C(=O)O)cc1)C(=O)Nc1ccc(F)c(Cl)c1. The van der Waals surface area contributed by atoms with E-state index in [0.29, 0.717) is 24.2 Å². The number of carboxylic acids is 1. The van der Waals surface area contributed by atoms with Crippen LogP contribution in [0, 0.1) is 17.7 Å². The van der Waals surface area contributed by atoms with Gasteiger partial charge in [-0.2, -0.15) is 0 Å². The van der Waals surface area contributed by atoms with Crippen LogP contribution in [0.2, 0.25) is 5.02 Å². The molecule has 0 aromatic heterocycles. The van der Waals surface area contributed by atoms with Crippen molar-refractivity contribution in [3.8, 4) is 0 Å². The van der Waals surface area contributed by atoms with Gasteiger partial charge in [-0.25, -0.2) is 4.39 Å². The van der Waals surface area contributed by atoms with E-state index in [1.165, 1.54) is 30.0 Å². The summed E-state index contributed by atoms with van der Waals surface area (Å²) in [5.74, 6) is -3.47. The standard InChI is InChI=1S/C23H22ClFN2O4S/c1-13(21(28)27-15-8-11-20(25)19(24)12-15)32-16-9-6-14(7-10-16)26-22(29)17-4-2-3-5-18(17)23(30)31/h2-3,6-13,17-18H,4-5H2,1H3,(H,26,29)(H,27,28)(H,30,31). The third kappa shape index (κ3) is 6.11. The minimum absolute atomic E-state index is 0.0698. The third-order valence-corrected chi connectivity index (χ3v) is 6.48. The second kappa shape index (κ2) is 10.7. The van der Waals surface area contributed by atoms with Gasteiger partial charge in [0.15, 0.2) is 0 Å². The molecular formula is C23H22ClFN2O4S. The van der Waals surface area contributed by atoms with E-state index in [2.05, 4.69) is 10.6 Å². The molecule has 32 heavy (non-hydrogen) atoms. The molecule has 3 rings (SSSR count). The molecule has 0 radical (unpaired) electrons. The molecular weight excluding hydrogens is 455 g/mol. The average Bonchev–Trinajstić information content (AvgIpc) is 2.77. The number of anilines is 2. The van der Waals surface area contributed by atoms with E-state index < -0.39 is 28.9 Å². The summed E-state index contributed by atoms with van der Waals surface area (Å²) in [5, 5.41) is 14.3. The van der Waals surface area contributed by atoms with Gasteiger partial charge in [0.2, 0.25) is 11.8 Å². The van der Waals surface area contributed by atoms with Crippen LogP contribution < -0.4 is 10.6 Å². The highest BCUT2D eigenvalue weighted by molar-refractivity contribution is 8.00. The first kappa shape index (κ1) is 23.8. The molecule has 6 nitrogen and oxygen atoms in total. The number of halogens is 2. The fourth-order valence-corrected chi connectivity index (χ4v) is 4.35. The van der Waals surface area contributed by atoms with Crippen molar-refractivity contribution < 1.29 is 23.9 Å². The molecule has 2 aromatic carbocycles. The average molecular weight is 477 g/mol. The van der Waals surface area contributed by atoms with Crippen LogP contribution in [0.25, 0.3) is 0 Å². The molecule has 0 aliphatic heterocycles. The summed E-state index contributed by atoms with van der Waals surface area (Å²) in [5.41, 5.74) is 0.959. The third-order valence-electron chi connectivity index (χ3n) is 5.08. The number of carbonyl (C=O) groups is 3. The molecule has 2 amide bonds. The fourth-order valence-electron chi connectivity index (χ4n) is 3.30. The molecule has 168 valence electrons. The Kier molecular flexibility index (Phi) is 7.93. The lowest BCUT2D eigenvalue weighted by Crippen LogP contribution is -2.34. The molecule has 3 atom stereocenters. The first-order valence-corrected chi connectivity index (χ1v) is 11.2. The van der Waals surface area contributed by atoms with Crippen LogP contribution in [0.1, 0.15) is 19.8 Å². The lowest BCUT2D eigenvalue weighted by atomic mass is 9.82. The molecule has 0 heterocycles. The highest BCUT2D eigenvalue weighted by Crippen LogP contribution is 2.29. The van der Waals surface area contributed by atoms with Crippen LogP contribution >= 0.6 is 23.4 Å². The second-order valence-corrected chi connectivity index (χ2v) is 9.21. The second-order valence-electron chi connectivity index (χ2n) is 7.39. The van der Waals surface area contributed by atoms with Crippen LogP contribution in [0.15, 0.2) is 59.5 Å². The minimum atomic E-state index is -0.976. The van der Waals surface area contributed by atoms with Crippen LogP contribution in [0.4, 0.5) is 15.8 Å². The predicted molar refractivity (Wildman–Crippen MR) is 123 cm³/mol. The topological polar surface area (TPSA) is 95.5 Å². The Balaban J connectivity index is 1.56. The van der Waals surface area contributed by atoms with E-state index in [4.69, 9.17) is 11.6 Å². The molecule has 0 spiro atoms. The van der Waals surface area contributed by atoms with Crippen molar-refractivity contribution >= 4 is 52.5 Å². The van der Waals surface area contributed by atoms with Gasteiger partial charge in [-0.15, -0.1) is 11.8 Å². The van der Waals surface area contributed by atoms with Crippen LogP contribution in [0.5, 0.6) is 0 Å². The number of nitrogens with one attached hydrogen (secondary N) is 2. The fraction of sp³-hybridized carbons (Fsp3) is 0.261. The lowest BCUT2D eigenvalue weighted by Gasteiger charge is -2.24. The van der Waals surface area contributed by atoms with Gasteiger partial charge in [0.25, 0.3) is 0 Å². The molecule has 0 fully saturated rings. The van der Waals surface area contributed by atoms with E-state index in [1.54, 1.807) is 37.3 Å². The van der Waals surface area contributed by atoms with E-state index in [1.807, 2.05) is 6.08 Å². The predicted octanol–water partition coefficient (Wildman–Crippen LogP) is 5.20. The Morgan fingerprint density at radius 1 is 1.03 bits per heavy atom. The zero-order valence-electron chi connectivity index (χ0n) is 17.2. The normalized spacial score (nSPS) is 18.6. The summed E-state index contributed by atoms with van der Waals surface area (Å²) >= 11 is 7.06. The van der Waals surface area contributed by atoms with Gasteiger partial charge in [0, 0.05) is 16.3 Å². The molecule has 1 aliphatic rings. The van der Waals surface area contributed by atoms with Crippen molar-refractivity contribution in [2.24, 2.45) is 11.8 Å².